The van der Waals surface area contributed by atoms with Crippen LogP contribution in [0.15, 0.2) is 82.8 Å². The number of hydrogen-bond donors (Lipinski definition) is 0. The molecule has 26 heavy (non-hydrogen) atoms. The molecule has 3 aromatic carbocycles. The molecule has 0 aromatic heterocycles. The normalized spacial score (nSPS) is 10.7. The zero-order valence-electron chi connectivity index (χ0n) is 13.9. The highest BCUT2D eigenvalue weighted by Crippen LogP contribution is 2.19. The summed E-state index contributed by atoms with van der Waals surface area (Å²) in [4.78, 5) is 8.80. The van der Waals surface area contributed by atoms with Crippen LogP contribution in [-0.2, 0) is 0 Å². The Morgan fingerprint density at radius 3 is 1.35 bits per heavy atom. The highest BCUT2D eigenvalue weighted by Gasteiger charge is 1.98. The van der Waals surface area contributed by atoms with E-state index < -0.39 is 0 Å². The van der Waals surface area contributed by atoms with Crippen LogP contribution in [0.25, 0.3) is 0 Å². The van der Waals surface area contributed by atoms with E-state index in [1.807, 2.05) is 60.7 Å². The zero-order chi connectivity index (χ0) is 18.2. The average Bonchev–Trinajstić information content (AvgIpc) is 2.72. The lowest BCUT2D eigenvalue weighted by atomic mass is 10.1. The second-order valence-electron chi connectivity index (χ2n) is 5.43. The summed E-state index contributed by atoms with van der Waals surface area (Å²) < 4.78 is 0. The third-order valence-corrected chi connectivity index (χ3v) is 3.72. The van der Waals surface area contributed by atoms with Gasteiger partial charge in [0.2, 0.25) is 0 Å². The minimum atomic E-state index is 0.591. The van der Waals surface area contributed by atoms with Crippen LogP contribution in [-0.4, -0.2) is 12.4 Å². The first kappa shape index (κ1) is 16.8. The first-order valence-electron chi connectivity index (χ1n) is 7.96. The molecule has 0 spiro atoms. The van der Waals surface area contributed by atoms with E-state index in [2.05, 4.69) is 22.1 Å². The Bertz CT molecular complexity index is 962. The summed E-state index contributed by atoms with van der Waals surface area (Å²) in [6, 6.07) is 26.4. The topological polar surface area (TPSA) is 72.3 Å². The van der Waals surface area contributed by atoms with E-state index in [-0.39, 0.29) is 0 Å². The summed E-state index contributed by atoms with van der Waals surface area (Å²) >= 11 is 0. The molecule has 0 aliphatic heterocycles. The largest absolute Gasteiger partial charge is 0.256 e. The van der Waals surface area contributed by atoms with Crippen molar-refractivity contribution in [2.45, 2.75) is 0 Å². The molecule has 0 radical (unpaired) electrons. The van der Waals surface area contributed by atoms with Crippen LogP contribution in [0.1, 0.15) is 22.3 Å². The second kappa shape index (κ2) is 8.19. The number of rotatable bonds is 4. The molecular formula is C22H14N4. The minimum Gasteiger partial charge on any atom is -0.256 e. The van der Waals surface area contributed by atoms with E-state index in [1.165, 1.54) is 0 Å². The number of nitrogens with zero attached hydrogens (tertiary/aromatic N) is 4. The predicted octanol–water partition coefficient (Wildman–Crippen LogP) is 4.93. The molecule has 0 bridgehead atoms. The van der Waals surface area contributed by atoms with Gasteiger partial charge in [-0.3, -0.25) is 9.98 Å². The Morgan fingerprint density at radius 2 is 0.962 bits per heavy atom. The van der Waals surface area contributed by atoms with Crippen LogP contribution in [0.4, 0.5) is 11.4 Å². The van der Waals surface area contributed by atoms with Gasteiger partial charge in [0, 0.05) is 23.6 Å². The Labute approximate surface area is 152 Å². The molecule has 0 fully saturated rings. The quantitative estimate of drug-likeness (QED) is 0.634. The van der Waals surface area contributed by atoms with Crippen molar-refractivity contribution in [1.29, 1.82) is 10.5 Å². The second-order valence-corrected chi connectivity index (χ2v) is 5.43. The molecule has 4 heteroatoms. The van der Waals surface area contributed by atoms with E-state index in [4.69, 9.17) is 10.5 Å². The minimum absolute atomic E-state index is 0.591. The molecule has 0 saturated carbocycles. The van der Waals surface area contributed by atoms with Gasteiger partial charge in [0.1, 0.15) is 0 Å². The number of benzene rings is 3. The van der Waals surface area contributed by atoms with Gasteiger partial charge < -0.3 is 0 Å². The summed E-state index contributed by atoms with van der Waals surface area (Å²) in [6.07, 6.45) is 3.36. The Balaban J connectivity index is 1.75. The maximum absolute atomic E-state index is 9.09. The lowest BCUT2D eigenvalue weighted by Crippen LogP contribution is -1.86. The molecule has 0 amide bonds. The Morgan fingerprint density at radius 1 is 0.577 bits per heavy atom. The van der Waals surface area contributed by atoms with Gasteiger partial charge in [-0.25, -0.2) is 0 Å². The number of aliphatic imine (C=N–C) groups is 2. The maximum atomic E-state index is 9.09. The van der Waals surface area contributed by atoms with Gasteiger partial charge in [-0.05, 0) is 36.4 Å². The maximum Gasteiger partial charge on any atom is 0.0998 e. The van der Waals surface area contributed by atoms with E-state index >= 15 is 0 Å². The number of hydrogen-bond acceptors (Lipinski definition) is 4. The van der Waals surface area contributed by atoms with Gasteiger partial charge in [0.15, 0.2) is 0 Å². The van der Waals surface area contributed by atoms with Gasteiger partial charge in [-0.15, -0.1) is 0 Å². The van der Waals surface area contributed by atoms with Crippen molar-refractivity contribution >= 4 is 23.8 Å². The van der Waals surface area contributed by atoms with E-state index in [1.54, 1.807) is 24.6 Å². The van der Waals surface area contributed by atoms with Crippen molar-refractivity contribution in [1.82, 2.24) is 0 Å². The fraction of sp³-hybridized carbons (Fsp3) is 0. The van der Waals surface area contributed by atoms with Crippen molar-refractivity contribution in [3.8, 4) is 12.1 Å². The van der Waals surface area contributed by atoms with Crippen molar-refractivity contribution in [3.05, 3.63) is 95.1 Å². The predicted molar refractivity (Wildman–Crippen MR) is 103 cm³/mol. The fourth-order valence-electron chi connectivity index (χ4n) is 2.34. The highest BCUT2D eigenvalue weighted by molar-refractivity contribution is 5.86. The van der Waals surface area contributed by atoms with Gasteiger partial charge in [-0.2, -0.15) is 10.5 Å². The molecule has 122 valence electrons. The molecule has 0 atom stereocenters. The van der Waals surface area contributed by atoms with Crippen molar-refractivity contribution in [3.63, 3.8) is 0 Å². The lowest BCUT2D eigenvalue weighted by molar-refractivity contribution is 1.45. The van der Waals surface area contributed by atoms with Gasteiger partial charge in [0.25, 0.3) is 0 Å². The van der Waals surface area contributed by atoms with Crippen LogP contribution in [0.2, 0.25) is 0 Å². The van der Waals surface area contributed by atoms with E-state index in [9.17, 15) is 0 Å². The van der Waals surface area contributed by atoms with Crippen LogP contribution < -0.4 is 0 Å². The fourth-order valence-corrected chi connectivity index (χ4v) is 2.34. The SMILES string of the molecule is N#Cc1ccccc1C=Nc1ccc(N=Cc2ccccc2C#N)cc1. The van der Waals surface area contributed by atoms with Crippen molar-refractivity contribution < 1.29 is 0 Å². The van der Waals surface area contributed by atoms with Crippen molar-refractivity contribution in [2.75, 3.05) is 0 Å². The van der Waals surface area contributed by atoms with Gasteiger partial charge in [0.05, 0.1) is 34.6 Å². The zero-order valence-corrected chi connectivity index (χ0v) is 13.9. The molecule has 0 N–H and O–H groups in total. The van der Waals surface area contributed by atoms with E-state index in [0.717, 1.165) is 22.5 Å². The Hall–Kier alpha value is -4.02. The summed E-state index contributed by atoms with van der Waals surface area (Å²) in [6.45, 7) is 0. The molecular weight excluding hydrogens is 320 g/mol. The first-order valence-corrected chi connectivity index (χ1v) is 7.96. The smallest absolute Gasteiger partial charge is 0.0998 e. The Kier molecular flexibility index (Phi) is 5.30. The van der Waals surface area contributed by atoms with Crippen molar-refractivity contribution in [2.24, 2.45) is 9.98 Å². The summed E-state index contributed by atoms with van der Waals surface area (Å²) in [5.41, 5.74) is 4.29. The van der Waals surface area contributed by atoms with E-state index in [0.29, 0.717) is 11.1 Å². The van der Waals surface area contributed by atoms with Crippen LogP contribution in [0, 0.1) is 22.7 Å². The lowest BCUT2D eigenvalue weighted by Gasteiger charge is -1.99. The van der Waals surface area contributed by atoms with Crippen LogP contribution in [0.3, 0.4) is 0 Å². The monoisotopic (exact) mass is 334 g/mol. The third kappa shape index (κ3) is 4.08. The standard InChI is InChI=1S/C22H14N4/c23-13-17-5-1-3-7-19(17)15-25-21-9-11-22(12-10-21)26-16-20-8-4-2-6-18(20)14-24/h1-12,15-16H. The number of nitriles is 2. The molecule has 0 saturated heterocycles. The first-order chi connectivity index (χ1) is 12.8. The van der Waals surface area contributed by atoms with Crippen LogP contribution in [0.5, 0.6) is 0 Å². The summed E-state index contributed by atoms with van der Waals surface area (Å²) in [5.74, 6) is 0. The molecule has 3 rings (SSSR count). The molecule has 0 aliphatic rings. The summed E-state index contributed by atoms with van der Waals surface area (Å²) in [7, 11) is 0. The highest BCUT2D eigenvalue weighted by atomic mass is 14.7. The van der Waals surface area contributed by atoms with Crippen LogP contribution >= 0.6 is 0 Å². The molecule has 0 heterocycles. The summed E-state index contributed by atoms with van der Waals surface area (Å²) in [5, 5.41) is 18.2. The van der Waals surface area contributed by atoms with Gasteiger partial charge >= 0.3 is 0 Å². The molecule has 4 nitrogen and oxygen atoms in total. The average molecular weight is 334 g/mol. The molecule has 0 unspecified atom stereocenters. The molecule has 0 aliphatic carbocycles. The third-order valence-electron chi connectivity index (χ3n) is 3.72. The van der Waals surface area contributed by atoms with Gasteiger partial charge in [-0.1, -0.05) is 36.4 Å². The molecule has 3 aromatic rings.